The molecule has 0 aliphatic carbocycles. The Bertz CT molecular complexity index is 882. The van der Waals surface area contributed by atoms with E-state index in [-0.39, 0.29) is 5.91 Å². The number of thioether (sulfide) groups is 1. The Hall–Kier alpha value is -2.35. The number of para-hydroxylation sites is 1. The normalized spacial score (nSPS) is 15.0. The van der Waals surface area contributed by atoms with E-state index in [1.165, 1.54) is 11.8 Å². The van der Waals surface area contributed by atoms with E-state index in [1.54, 1.807) is 6.08 Å². The molecule has 7 heteroatoms. The summed E-state index contributed by atoms with van der Waals surface area (Å²) in [5, 5.41) is 2.61. The van der Waals surface area contributed by atoms with Gasteiger partial charge >= 0.3 is 0 Å². The van der Waals surface area contributed by atoms with Gasteiger partial charge in [0.2, 0.25) is 0 Å². The highest BCUT2D eigenvalue weighted by Crippen LogP contribution is 2.29. The van der Waals surface area contributed by atoms with Crippen molar-refractivity contribution >= 4 is 40.3 Å². The Labute approximate surface area is 174 Å². The monoisotopic (exact) mass is 415 g/mol. The molecule has 0 radical (unpaired) electrons. The zero-order valence-electron chi connectivity index (χ0n) is 15.5. The molecule has 0 saturated carbocycles. The summed E-state index contributed by atoms with van der Waals surface area (Å²) in [6.45, 7) is 3.85. The summed E-state index contributed by atoms with van der Waals surface area (Å²) in [5.74, 6) is 1.36. The molecule has 0 unspecified atom stereocenters. The lowest BCUT2D eigenvalue weighted by Crippen LogP contribution is -2.17. The molecule has 146 valence electrons. The van der Waals surface area contributed by atoms with Crippen molar-refractivity contribution in [1.29, 1.82) is 0 Å². The smallest absolute Gasteiger partial charge is 0.263 e. The average Bonchev–Trinajstić information content (AvgIpc) is 2.99. The molecule has 1 fully saturated rings. The second-order valence-corrected chi connectivity index (χ2v) is 7.73. The largest absolute Gasteiger partial charge is 0.491 e. The van der Waals surface area contributed by atoms with Crippen molar-refractivity contribution < 1.29 is 19.0 Å². The fourth-order valence-corrected chi connectivity index (χ4v) is 3.56. The second-order valence-electron chi connectivity index (χ2n) is 6.02. The Morgan fingerprint density at radius 2 is 1.82 bits per heavy atom. The van der Waals surface area contributed by atoms with Crippen molar-refractivity contribution in [3.8, 4) is 11.5 Å². The van der Waals surface area contributed by atoms with Crippen molar-refractivity contribution in [3.05, 3.63) is 64.6 Å². The van der Waals surface area contributed by atoms with Gasteiger partial charge in [-0.1, -0.05) is 54.3 Å². The van der Waals surface area contributed by atoms with Gasteiger partial charge in [-0.15, -0.1) is 0 Å². The molecule has 1 saturated heterocycles. The van der Waals surface area contributed by atoms with E-state index < -0.39 is 0 Å². The van der Waals surface area contributed by atoms with Crippen LogP contribution in [-0.4, -0.2) is 36.7 Å². The molecule has 1 N–H and O–H groups in total. The Morgan fingerprint density at radius 3 is 2.57 bits per heavy atom. The van der Waals surface area contributed by atoms with Crippen LogP contribution in [0.4, 0.5) is 0 Å². The predicted octanol–water partition coefficient (Wildman–Crippen LogP) is 3.96. The Morgan fingerprint density at radius 1 is 1.04 bits per heavy atom. The van der Waals surface area contributed by atoms with Gasteiger partial charge in [-0.05, 0) is 36.8 Å². The minimum atomic E-state index is -0.179. The predicted molar refractivity (Wildman–Crippen MR) is 116 cm³/mol. The minimum absolute atomic E-state index is 0.179. The first-order valence-corrected chi connectivity index (χ1v) is 10.1. The van der Waals surface area contributed by atoms with Crippen LogP contribution >= 0.6 is 24.0 Å². The number of nitrogens with one attached hydrogen (secondary N) is 1. The third-order valence-electron chi connectivity index (χ3n) is 3.82. The highest BCUT2D eigenvalue weighted by atomic mass is 32.2. The number of rotatable bonds is 9. The summed E-state index contributed by atoms with van der Waals surface area (Å²) < 4.78 is 17.5. The summed E-state index contributed by atoms with van der Waals surface area (Å²) >= 11 is 6.26. The standard InChI is InChI=1S/C21H21NO4S2/c1-15-5-4-7-17(13-15)25-11-9-24-10-12-26-18-8-3-2-6-16(18)14-19-20(23)22-21(27)28-19/h2-8,13-14H,9-12H2,1H3,(H,22,23,27)/b19-14+. The van der Waals surface area contributed by atoms with Crippen molar-refractivity contribution in [2.24, 2.45) is 0 Å². The number of carbonyl (C=O) groups is 1. The molecule has 1 amide bonds. The molecule has 5 nitrogen and oxygen atoms in total. The molecule has 0 atom stereocenters. The lowest BCUT2D eigenvalue weighted by Gasteiger charge is -2.10. The molecule has 0 bridgehead atoms. The van der Waals surface area contributed by atoms with Crippen LogP contribution in [0.25, 0.3) is 6.08 Å². The summed E-state index contributed by atoms with van der Waals surface area (Å²) in [6, 6.07) is 15.5. The molecule has 1 aliphatic rings. The van der Waals surface area contributed by atoms with E-state index >= 15 is 0 Å². The maximum absolute atomic E-state index is 11.8. The first-order chi connectivity index (χ1) is 13.6. The maximum atomic E-state index is 11.8. The van der Waals surface area contributed by atoms with Crippen LogP contribution in [-0.2, 0) is 9.53 Å². The first kappa shape index (κ1) is 20.4. The fraction of sp³-hybridized carbons (Fsp3) is 0.238. The SMILES string of the molecule is Cc1cccc(OCCOCCOc2ccccc2/C=C2/SC(=S)NC2=O)c1. The topological polar surface area (TPSA) is 56.8 Å². The number of aryl methyl sites for hydroxylation is 1. The van der Waals surface area contributed by atoms with E-state index in [0.29, 0.717) is 41.4 Å². The highest BCUT2D eigenvalue weighted by Gasteiger charge is 2.22. The number of thiocarbonyl (C=S) groups is 1. The quantitative estimate of drug-likeness (QED) is 0.380. The van der Waals surface area contributed by atoms with E-state index in [2.05, 4.69) is 5.32 Å². The van der Waals surface area contributed by atoms with Crippen LogP contribution in [0.2, 0.25) is 0 Å². The van der Waals surface area contributed by atoms with Crippen molar-refractivity contribution in [2.75, 3.05) is 26.4 Å². The highest BCUT2D eigenvalue weighted by molar-refractivity contribution is 8.26. The Balaban J connectivity index is 1.41. The number of hydrogen-bond donors (Lipinski definition) is 1. The van der Waals surface area contributed by atoms with Crippen LogP contribution in [0.1, 0.15) is 11.1 Å². The zero-order chi connectivity index (χ0) is 19.8. The van der Waals surface area contributed by atoms with Crippen LogP contribution in [0.3, 0.4) is 0 Å². The molecule has 1 heterocycles. The number of amides is 1. The van der Waals surface area contributed by atoms with Crippen LogP contribution in [0.5, 0.6) is 11.5 Å². The van der Waals surface area contributed by atoms with Gasteiger partial charge in [-0.2, -0.15) is 0 Å². The molecule has 0 spiro atoms. The minimum Gasteiger partial charge on any atom is -0.491 e. The van der Waals surface area contributed by atoms with E-state index in [9.17, 15) is 4.79 Å². The average molecular weight is 416 g/mol. The summed E-state index contributed by atoms with van der Waals surface area (Å²) in [5.41, 5.74) is 1.99. The molecular weight excluding hydrogens is 394 g/mol. The molecule has 2 aromatic carbocycles. The van der Waals surface area contributed by atoms with Crippen LogP contribution in [0, 0.1) is 6.92 Å². The molecule has 2 aromatic rings. The van der Waals surface area contributed by atoms with E-state index in [1.807, 2.05) is 55.5 Å². The van der Waals surface area contributed by atoms with Gasteiger partial charge in [0.1, 0.15) is 29.0 Å². The van der Waals surface area contributed by atoms with Crippen molar-refractivity contribution in [3.63, 3.8) is 0 Å². The van der Waals surface area contributed by atoms with Gasteiger partial charge in [0.15, 0.2) is 0 Å². The Kier molecular flexibility index (Phi) is 7.47. The van der Waals surface area contributed by atoms with Crippen LogP contribution in [0.15, 0.2) is 53.4 Å². The van der Waals surface area contributed by atoms with Gasteiger partial charge in [0.05, 0.1) is 18.1 Å². The number of hydrogen-bond acceptors (Lipinski definition) is 6. The molecule has 3 rings (SSSR count). The zero-order valence-corrected chi connectivity index (χ0v) is 17.1. The molecular formula is C21H21NO4S2. The summed E-state index contributed by atoms with van der Waals surface area (Å²) in [6.07, 6.45) is 1.78. The molecule has 1 aliphatic heterocycles. The van der Waals surface area contributed by atoms with E-state index in [4.69, 9.17) is 26.4 Å². The summed E-state index contributed by atoms with van der Waals surface area (Å²) in [7, 11) is 0. The third-order valence-corrected chi connectivity index (χ3v) is 4.98. The van der Waals surface area contributed by atoms with Gasteiger partial charge < -0.3 is 19.5 Å². The molecule has 0 aromatic heterocycles. The second kappa shape index (κ2) is 10.3. The van der Waals surface area contributed by atoms with Gasteiger partial charge in [-0.25, -0.2) is 0 Å². The van der Waals surface area contributed by atoms with Gasteiger partial charge in [0, 0.05) is 5.56 Å². The maximum Gasteiger partial charge on any atom is 0.263 e. The number of ether oxygens (including phenoxy) is 3. The van der Waals surface area contributed by atoms with Crippen molar-refractivity contribution in [2.45, 2.75) is 6.92 Å². The number of benzene rings is 2. The van der Waals surface area contributed by atoms with Gasteiger partial charge in [0.25, 0.3) is 5.91 Å². The first-order valence-electron chi connectivity index (χ1n) is 8.86. The third kappa shape index (κ3) is 6.09. The van der Waals surface area contributed by atoms with E-state index in [0.717, 1.165) is 16.9 Å². The van der Waals surface area contributed by atoms with Crippen LogP contribution < -0.4 is 14.8 Å². The van der Waals surface area contributed by atoms with Gasteiger partial charge in [-0.3, -0.25) is 4.79 Å². The van der Waals surface area contributed by atoms with Crippen molar-refractivity contribution in [1.82, 2.24) is 5.32 Å². The lowest BCUT2D eigenvalue weighted by atomic mass is 10.2. The lowest BCUT2D eigenvalue weighted by molar-refractivity contribution is -0.115. The summed E-state index contributed by atoms with van der Waals surface area (Å²) in [4.78, 5) is 12.4. The number of carbonyl (C=O) groups excluding carboxylic acids is 1. The fourth-order valence-electron chi connectivity index (χ4n) is 2.53. The molecule has 28 heavy (non-hydrogen) atoms.